The predicted octanol–water partition coefficient (Wildman–Crippen LogP) is 3.43. The minimum Gasteiger partial charge on any atom is -0.355 e. The molecule has 2 aromatic carbocycles. The summed E-state index contributed by atoms with van der Waals surface area (Å²) in [5, 5.41) is 8.52. The van der Waals surface area contributed by atoms with Crippen molar-refractivity contribution in [1.29, 1.82) is 0 Å². The number of hydrogen-bond acceptors (Lipinski definition) is 6. The van der Waals surface area contributed by atoms with Crippen LogP contribution in [0.25, 0.3) is 16.7 Å². The Morgan fingerprint density at radius 3 is 2.38 bits per heavy atom. The maximum Gasteiger partial charge on any atom is 0.256 e. The Morgan fingerprint density at radius 2 is 1.62 bits per heavy atom. The summed E-state index contributed by atoms with van der Waals surface area (Å²) >= 11 is 0. The highest BCUT2D eigenvalue weighted by atomic mass is 16.2. The van der Waals surface area contributed by atoms with Gasteiger partial charge in [0.2, 0.25) is 0 Å². The van der Waals surface area contributed by atoms with Crippen LogP contribution in [0.5, 0.6) is 0 Å². The van der Waals surface area contributed by atoms with Crippen LogP contribution in [-0.2, 0) is 0 Å². The second-order valence-corrected chi connectivity index (χ2v) is 9.54. The van der Waals surface area contributed by atoms with Crippen LogP contribution >= 0.6 is 0 Å². The first kappa shape index (κ1) is 20.8. The molecule has 0 aliphatic carbocycles. The number of aromatic nitrogens is 5. The molecule has 34 heavy (non-hydrogen) atoms. The van der Waals surface area contributed by atoms with Gasteiger partial charge in [-0.2, -0.15) is 15.0 Å². The Bertz CT molecular complexity index is 1350. The number of carbonyl (C=O) groups excluding carboxylic acids is 1. The lowest BCUT2D eigenvalue weighted by Gasteiger charge is -2.46. The number of likely N-dealkylation sites (tertiary alicyclic amines) is 1. The third kappa shape index (κ3) is 3.59. The molecule has 2 saturated heterocycles. The van der Waals surface area contributed by atoms with Gasteiger partial charge in [-0.3, -0.25) is 9.78 Å². The lowest BCUT2D eigenvalue weighted by Crippen LogP contribution is -2.54. The summed E-state index contributed by atoms with van der Waals surface area (Å²) in [7, 11) is 0. The average molecular weight is 454 g/mol. The van der Waals surface area contributed by atoms with Gasteiger partial charge in [0.15, 0.2) is 0 Å². The van der Waals surface area contributed by atoms with Crippen molar-refractivity contribution in [3.63, 3.8) is 0 Å². The van der Waals surface area contributed by atoms with Gasteiger partial charge in [-0.15, -0.1) is 0 Å². The van der Waals surface area contributed by atoms with E-state index in [2.05, 4.69) is 33.1 Å². The van der Waals surface area contributed by atoms with Gasteiger partial charge < -0.3 is 9.80 Å². The van der Waals surface area contributed by atoms with Crippen molar-refractivity contribution in [2.45, 2.75) is 20.3 Å². The molecule has 8 nitrogen and oxygen atoms in total. The Labute approximate surface area is 198 Å². The molecule has 0 saturated carbocycles. The van der Waals surface area contributed by atoms with Gasteiger partial charge in [-0.25, -0.2) is 4.98 Å². The number of piperidine rings is 2. The highest BCUT2D eigenvalue weighted by Gasteiger charge is 2.37. The predicted molar refractivity (Wildman–Crippen MR) is 130 cm³/mol. The minimum absolute atomic E-state index is 0.0645. The molecule has 0 spiro atoms. The number of hydrogen-bond donors (Lipinski definition) is 0. The van der Waals surface area contributed by atoms with Crippen LogP contribution < -0.4 is 4.90 Å². The number of para-hydroxylation sites is 1. The molecule has 2 unspecified atom stereocenters. The smallest absolute Gasteiger partial charge is 0.256 e. The minimum atomic E-state index is 0.0645. The monoisotopic (exact) mass is 453 g/mol. The molecule has 2 atom stereocenters. The first-order valence-electron chi connectivity index (χ1n) is 11.8. The summed E-state index contributed by atoms with van der Waals surface area (Å²) in [5.41, 5.74) is 5.39. The third-order valence-corrected chi connectivity index (χ3v) is 7.05. The maximum absolute atomic E-state index is 13.7. The normalized spacial score (nSPS) is 20.1. The van der Waals surface area contributed by atoms with E-state index in [1.165, 1.54) is 4.80 Å². The summed E-state index contributed by atoms with van der Waals surface area (Å²) in [4.78, 5) is 29.2. The summed E-state index contributed by atoms with van der Waals surface area (Å²) in [6.45, 7) is 7.31. The summed E-state index contributed by atoms with van der Waals surface area (Å²) in [6, 6.07) is 11.9. The van der Waals surface area contributed by atoms with Crippen molar-refractivity contribution in [2.24, 2.45) is 11.8 Å². The molecular formula is C26H27N7O. The van der Waals surface area contributed by atoms with E-state index in [4.69, 9.17) is 4.98 Å². The molecule has 6 rings (SSSR count). The molecular weight excluding hydrogens is 426 g/mol. The molecule has 0 N–H and O–H groups in total. The van der Waals surface area contributed by atoms with Gasteiger partial charge in [0.05, 0.1) is 40.9 Å². The zero-order valence-electron chi connectivity index (χ0n) is 19.4. The zero-order valence-corrected chi connectivity index (χ0v) is 19.4. The summed E-state index contributed by atoms with van der Waals surface area (Å²) in [6.07, 6.45) is 6.30. The molecule has 2 aromatic heterocycles. The number of amides is 1. The third-order valence-electron chi connectivity index (χ3n) is 7.05. The Kier molecular flexibility index (Phi) is 5.01. The Morgan fingerprint density at radius 1 is 0.912 bits per heavy atom. The Hall–Kier alpha value is -3.81. The molecule has 2 fully saturated rings. The van der Waals surface area contributed by atoms with E-state index in [0.717, 1.165) is 66.3 Å². The van der Waals surface area contributed by atoms with Crippen LogP contribution in [0.1, 0.15) is 27.9 Å². The highest BCUT2D eigenvalue weighted by molar-refractivity contribution is 5.99. The maximum atomic E-state index is 13.7. The van der Waals surface area contributed by atoms with E-state index >= 15 is 0 Å². The zero-order chi connectivity index (χ0) is 23.2. The standard InChI is InChI=1S/C26H27N7O/c1-17-5-4-8-22(33-28-9-10-29-33)24(17)26(34)32-15-19-11-20(16-32)14-31(13-19)23-12-27-21-7-3-6-18(2)25(21)30-23/h3-10,12,19-20H,11,13-16H2,1-2H3. The van der Waals surface area contributed by atoms with Crippen molar-refractivity contribution in [3.05, 3.63) is 71.7 Å². The molecule has 0 radical (unpaired) electrons. The van der Waals surface area contributed by atoms with Gasteiger partial charge in [0.25, 0.3) is 5.91 Å². The van der Waals surface area contributed by atoms with Crippen LogP contribution in [0, 0.1) is 25.7 Å². The van der Waals surface area contributed by atoms with E-state index in [-0.39, 0.29) is 5.91 Å². The van der Waals surface area contributed by atoms with Crippen LogP contribution in [-0.4, -0.2) is 61.9 Å². The number of nitrogens with zero attached hydrogens (tertiary/aromatic N) is 7. The molecule has 2 aliphatic heterocycles. The molecule has 1 amide bonds. The summed E-state index contributed by atoms with van der Waals surface area (Å²) in [5.74, 6) is 1.80. The molecule has 2 bridgehead atoms. The van der Waals surface area contributed by atoms with Crippen LogP contribution in [0.3, 0.4) is 0 Å². The molecule has 8 heteroatoms. The van der Waals surface area contributed by atoms with Crippen molar-refractivity contribution >= 4 is 22.8 Å². The Balaban J connectivity index is 1.24. The first-order valence-corrected chi connectivity index (χ1v) is 11.8. The largest absolute Gasteiger partial charge is 0.355 e. The number of benzene rings is 2. The van der Waals surface area contributed by atoms with Crippen molar-refractivity contribution in [2.75, 3.05) is 31.1 Å². The fourth-order valence-electron chi connectivity index (χ4n) is 5.55. The fourth-order valence-corrected chi connectivity index (χ4v) is 5.55. The van der Waals surface area contributed by atoms with Crippen molar-refractivity contribution in [3.8, 4) is 5.69 Å². The molecule has 172 valence electrons. The lowest BCUT2D eigenvalue weighted by atomic mass is 9.84. The molecule has 4 heterocycles. The van der Waals surface area contributed by atoms with E-state index < -0.39 is 0 Å². The van der Waals surface area contributed by atoms with Gasteiger partial charge in [-0.05, 0) is 55.4 Å². The first-order chi connectivity index (χ1) is 16.6. The van der Waals surface area contributed by atoms with Crippen LogP contribution in [0.15, 0.2) is 55.0 Å². The fraction of sp³-hybridized carbons (Fsp3) is 0.346. The van der Waals surface area contributed by atoms with Gasteiger partial charge in [-0.1, -0.05) is 24.3 Å². The summed E-state index contributed by atoms with van der Waals surface area (Å²) < 4.78 is 0. The second-order valence-electron chi connectivity index (χ2n) is 9.54. The quantitative estimate of drug-likeness (QED) is 0.473. The number of anilines is 1. The number of carbonyl (C=O) groups is 1. The van der Waals surface area contributed by atoms with Crippen LogP contribution in [0.4, 0.5) is 5.82 Å². The SMILES string of the molecule is Cc1cccc(-n2nccn2)c1C(=O)N1CC2CC(C1)CN(c1cnc3cccc(C)c3n1)C2. The van der Waals surface area contributed by atoms with Crippen molar-refractivity contribution in [1.82, 2.24) is 29.9 Å². The number of rotatable bonds is 3. The molecule has 4 aromatic rings. The van der Waals surface area contributed by atoms with Crippen LogP contribution in [0.2, 0.25) is 0 Å². The van der Waals surface area contributed by atoms with E-state index in [1.807, 2.05) is 48.4 Å². The average Bonchev–Trinajstić information content (AvgIpc) is 3.38. The van der Waals surface area contributed by atoms with E-state index in [1.54, 1.807) is 12.4 Å². The molecule has 2 aliphatic rings. The van der Waals surface area contributed by atoms with Crippen molar-refractivity contribution < 1.29 is 4.79 Å². The highest BCUT2D eigenvalue weighted by Crippen LogP contribution is 2.33. The van der Waals surface area contributed by atoms with E-state index in [9.17, 15) is 4.79 Å². The van der Waals surface area contributed by atoms with Gasteiger partial charge >= 0.3 is 0 Å². The number of aryl methyl sites for hydroxylation is 2. The van der Waals surface area contributed by atoms with E-state index in [0.29, 0.717) is 17.4 Å². The topological polar surface area (TPSA) is 80.0 Å². The lowest BCUT2D eigenvalue weighted by molar-refractivity contribution is 0.0563. The van der Waals surface area contributed by atoms with Gasteiger partial charge in [0, 0.05) is 26.2 Å². The number of fused-ring (bicyclic) bond motifs is 3. The van der Waals surface area contributed by atoms with Gasteiger partial charge in [0.1, 0.15) is 5.82 Å². The second kappa shape index (κ2) is 8.20.